The van der Waals surface area contributed by atoms with Crippen molar-refractivity contribution in [2.45, 2.75) is 13.3 Å². The number of carbonyl (C=O) groups excluding carboxylic acids is 1. The lowest BCUT2D eigenvalue weighted by Crippen LogP contribution is -2.17. The van der Waals surface area contributed by atoms with Gasteiger partial charge in [0, 0.05) is 5.56 Å². The summed E-state index contributed by atoms with van der Waals surface area (Å²) in [5.41, 5.74) is 3.55. The molecule has 2 rings (SSSR count). The minimum atomic E-state index is -0.376. The minimum Gasteiger partial charge on any atom is -0.506 e. The molecule has 0 saturated carbocycles. The van der Waals surface area contributed by atoms with Crippen LogP contribution < -0.4 is 14.9 Å². The lowest BCUT2D eigenvalue weighted by molar-refractivity contribution is 0.0954. The molecule has 0 aliphatic rings. The third kappa shape index (κ3) is 5.22. The van der Waals surface area contributed by atoms with E-state index in [9.17, 15) is 9.90 Å². The number of hydrazone groups is 1. The van der Waals surface area contributed by atoms with Gasteiger partial charge in [0.2, 0.25) is 0 Å². The summed E-state index contributed by atoms with van der Waals surface area (Å²) in [6.45, 7) is 2.58. The summed E-state index contributed by atoms with van der Waals surface area (Å²) in [6.07, 6.45) is 2.35. The maximum absolute atomic E-state index is 12.2. The van der Waals surface area contributed by atoms with Gasteiger partial charge in [-0.15, -0.1) is 0 Å². The van der Waals surface area contributed by atoms with E-state index in [1.807, 2.05) is 6.92 Å². The van der Waals surface area contributed by atoms with E-state index in [0.29, 0.717) is 38.2 Å². The Morgan fingerprint density at radius 2 is 1.92 bits per heavy atom. The number of aromatic hydroxyl groups is 1. The highest BCUT2D eigenvalue weighted by atomic mass is 79.9. The zero-order chi connectivity index (χ0) is 19.1. The molecule has 0 aromatic heterocycles. The van der Waals surface area contributed by atoms with Crippen LogP contribution in [0.25, 0.3) is 0 Å². The van der Waals surface area contributed by atoms with Crippen molar-refractivity contribution in [3.63, 3.8) is 0 Å². The van der Waals surface area contributed by atoms with Crippen LogP contribution in [0.1, 0.15) is 29.3 Å². The number of hydrogen-bond acceptors (Lipinski definition) is 5. The van der Waals surface area contributed by atoms with Crippen molar-refractivity contribution in [2.24, 2.45) is 5.10 Å². The summed E-state index contributed by atoms with van der Waals surface area (Å²) in [6, 6.07) is 8.30. The number of hydrogen-bond donors (Lipinski definition) is 2. The third-order valence-corrected chi connectivity index (χ3v) is 4.52. The second-order valence-electron chi connectivity index (χ2n) is 5.25. The molecule has 2 aromatic rings. The Bertz CT molecular complexity index is 802. The van der Waals surface area contributed by atoms with E-state index in [1.54, 1.807) is 30.3 Å². The molecule has 0 saturated heterocycles. The van der Waals surface area contributed by atoms with Crippen LogP contribution in [-0.4, -0.2) is 30.9 Å². The van der Waals surface area contributed by atoms with Crippen molar-refractivity contribution in [3.05, 3.63) is 50.4 Å². The standard InChI is InChI=1S/C18H18Br2N2O4/c1-3-6-26-15-5-4-12(9-16(15)25-2)18(24)22-21-10-11-7-13(19)17(23)14(20)8-11/h4-5,7-10,23H,3,6H2,1-2H3,(H,22,24)/b21-10+. The number of rotatable bonds is 7. The van der Waals surface area contributed by atoms with E-state index in [0.717, 1.165) is 6.42 Å². The summed E-state index contributed by atoms with van der Waals surface area (Å²) in [5.74, 6) is 0.803. The number of ether oxygens (including phenoxy) is 2. The summed E-state index contributed by atoms with van der Waals surface area (Å²) < 4.78 is 11.9. The average Bonchev–Trinajstić information content (AvgIpc) is 2.64. The normalized spacial score (nSPS) is 10.8. The predicted molar refractivity (Wildman–Crippen MR) is 107 cm³/mol. The van der Waals surface area contributed by atoms with E-state index >= 15 is 0 Å². The summed E-state index contributed by atoms with van der Waals surface area (Å²) in [4.78, 5) is 12.2. The van der Waals surface area contributed by atoms with Crippen LogP contribution in [-0.2, 0) is 0 Å². The van der Waals surface area contributed by atoms with Gasteiger partial charge in [-0.25, -0.2) is 5.43 Å². The second kappa shape index (κ2) is 9.59. The van der Waals surface area contributed by atoms with E-state index in [1.165, 1.54) is 13.3 Å². The number of benzene rings is 2. The molecule has 2 aromatic carbocycles. The van der Waals surface area contributed by atoms with Gasteiger partial charge in [-0.2, -0.15) is 5.10 Å². The summed E-state index contributed by atoms with van der Waals surface area (Å²) in [5, 5.41) is 13.6. The van der Waals surface area contributed by atoms with Crippen molar-refractivity contribution in [3.8, 4) is 17.2 Å². The Labute approximate surface area is 168 Å². The number of nitrogens with zero attached hydrogens (tertiary/aromatic N) is 1. The number of carbonyl (C=O) groups is 1. The number of nitrogens with one attached hydrogen (secondary N) is 1. The van der Waals surface area contributed by atoms with Gasteiger partial charge < -0.3 is 14.6 Å². The van der Waals surface area contributed by atoms with Gasteiger partial charge in [0.25, 0.3) is 5.91 Å². The first-order chi connectivity index (χ1) is 12.5. The number of amides is 1. The monoisotopic (exact) mass is 484 g/mol. The van der Waals surface area contributed by atoms with Crippen LogP contribution in [0, 0.1) is 0 Å². The van der Waals surface area contributed by atoms with Gasteiger partial charge in [0.05, 0.1) is 28.9 Å². The van der Waals surface area contributed by atoms with Crippen LogP contribution in [0.4, 0.5) is 0 Å². The van der Waals surface area contributed by atoms with Gasteiger partial charge in [0.15, 0.2) is 11.5 Å². The Balaban J connectivity index is 2.07. The summed E-state index contributed by atoms with van der Waals surface area (Å²) >= 11 is 6.48. The molecule has 8 heteroatoms. The van der Waals surface area contributed by atoms with Crippen LogP contribution in [0.15, 0.2) is 44.4 Å². The first-order valence-corrected chi connectivity index (χ1v) is 9.37. The Morgan fingerprint density at radius 1 is 1.23 bits per heavy atom. The Morgan fingerprint density at radius 3 is 2.54 bits per heavy atom. The smallest absolute Gasteiger partial charge is 0.271 e. The lowest BCUT2D eigenvalue weighted by Gasteiger charge is -2.11. The first-order valence-electron chi connectivity index (χ1n) is 7.78. The van der Waals surface area contributed by atoms with Crippen molar-refractivity contribution in [1.29, 1.82) is 0 Å². The number of methoxy groups -OCH3 is 1. The van der Waals surface area contributed by atoms with Crippen LogP contribution in [0.3, 0.4) is 0 Å². The van der Waals surface area contributed by atoms with Gasteiger partial charge in [-0.1, -0.05) is 6.92 Å². The molecule has 0 radical (unpaired) electrons. The molecule has 1 amide bonds. The van der Waals surface area contributed by atoms with Gasteiger partial charge in [-0.3, -0.25) is 4.79 Å². The van der Waals surface area contributed by atoms with E-state index < -0.39 is 0 Å². The van der Waals surface area contributed by atoms with Crippen LogP contribution in [0.5, 0.6) is 17.2 Å². The van der Waals surface area contributed by atoms with Crippen molar-refractivity contribution in [1.82, 2.24) is 5.43 Å². The molecule has 0 fully saturated rings. The van der Waals surface area contributed by atoms with Gasteiger partial charge >= 0.3 is 0 Å². The zero-order valence-electron chi connectivity index (χ0n) is 14.3. The molecule has 0 atom stereocenters. The molecular formula is C18H18Br2N2O4. The second-order valence-corrected chi connectivity index (χ2v) is 6.96. The van der Waals surface area contributed by atoms with Crippen LogP contribution >= 0.6 is 31.9 Å². The highest BCUT2D eigenvalue weighted by Gasteiger charge is 2.11. The Hall–Kier alpha value is -2.06. The fraction of sp³-hybridized carbons (Fsp3) is 0.222. The molecular weight excluding hydrogens is 468 g/mol. The lowest BCUT2D eigenvalue weighted by atomic mass is 10.2. The zero-order valence-corrected chi connectivity index (χ0v) is 17.4. The maximum atomic E-state index is 12.2. The van der Waals surface area contributed by atoms with Crippen molar-refractivity contribution >= 4 is 44.0 Å². The van der Waals surface area contributed by atoms with E-state index in [-0.39, 0.29) is 11.7 Å². The molecule has 2 N–H and O–H groups in total. The molecule has 0 heterocycles. The molecule has 0 spiro atoms. The van der Waals surface area contributed by atoms with Crippen molar-refractivity contribution < 1.29 is 19.4 Å². The third-order valence-electron chi connectivity index (χ3n) is 3.31. The molecule has 0 aliphatic heterocycles. The molecule has 0 unspecified atom stereocenters. The SMILES string of the molecule is CCCOc1ccc(C(=O)N/N=C/c2cc(Br)c(O)c(Br)c2)cc1OC. The van der Waals surface area contributed by atoms with Crippen molar-refractivity contribution in [2.75, 3.05) is 13.7 Å². The summed E-state index contributed by atoms with van der Waals surface area (Å²) in [7, 11) is 1.52. The fourth-order valence-electron chi connectivity index (χ4n) is 2.03. The number of phenolic OH excluding ortho intramolecular Hbond substituents is 1. The minimum absolute atomic E-state index is 0.101. The largest absolute Gasteiger partial charge is 0.506 e. The maximum Gasteiger partial charge on any atom is 0.271 e. The van der Waals surface area contributed by atoms with Gasteiger partial charge in [0.1, 0.15) is 5.75 Å². The topological polar surface area (TPSA) is 80.2 Å². The fourth-order valence-corrected chi connectivity index (χ4v) is 3.25. The highest BCUT2D eigenvalue weighted by Crippen LogP contribution is 2.32. The molecule has 26 heavy (non-hydrogen) atoms. The number of halogens is 2. The average molecular weight is 486 g/mol. The predicted octanol–water partition coefficient (Wildman–Crippen LogP) is 4.48. The van der Waals surface area contributed by atoms with Gasteiger partial charge in [-0.05, 0) is 74.2 Å². The first kappa shape index (κ1) is 20.3. The Kier molecular flexibility index (Phi) is 7.47. The highest BCUT2D eigenvalue weighted by molar-refractivity contribution is 9.11. The quantitative estimate of drug-likeness (QED) is 0.447. The molecule has 0 aliphatic carbocycles. The molecule has 6 nitrogen and oxygen atoms in total. The van der Waals surface area contributed by atoms with E-state index in [4.69, 9.17) is 9.47 Å². The van der Waals surface area contributed by atoms with Crippen LogP contribution in [0.2, 0.25) is 0 Å². The molecule has 138 valence electrons. The molecule has 0 bridgehead atoms. The number of phenols is 1. The van der Waals surface area contributed by atoms with E-state index in [2.05, 4.69) is 42.4 Å².